The van der Waals surface area contributed by atoms with Crippen LogP contribution in [-0.2, 0) is 14.3 Å². The first-order chi connectivity index (χ1) is 7.49. The first-order valence-corrected chi connectivity index (χ1v) is 4.77. The first kappa shape index (κ1) is 14.2. The Labute approximate surface area is 93.3 Å². The molecule has 16 heavy (non-hydrogen) atoms. The van der Waals surface area contributed by atoms with E-state index in [2.05, 4.69) is 9.73 Å². The summed E-state index contributed by atoms with van der Waals surface area (Å²) in [4.78, 5) is 25.2. The molecule has 0 amide bonds. The van der Waals surface area contributed by atoms with Gasteiger partial charge in [-0.2, -0.15) is 0 Å². The maximum Gasteiger partial charge on any atom is 0.343 e. The van der Waals surface area contributed by atoms with Crippen LogP contribution >= 0.6 is 0 Å². The second-order valence-electron chi connectivity index (χ2n) is 2.90. The molecule has 0 aliphatic rings. The fraction of sp³-hybridized carbons (Fsp3) is 0.500. The Hall–Kier alpha value is -1.85. The Morgan fingerprint density at radius 1 is 1.38 bits per heavy atom. The third-order valence-corrected chi connectivity index (χ3v) is 1.56. The second-order valence-corrected chi connectivity index (χ2v) is 2.90. The lowest BCUT2D eigenvalue weighted by Crippen LogP contribution is -2.11. The third-order valence-electron chi connectivity index (χ3n) is 1.56. The van der Waals surface area contributed by atoms with Gasteiger partial charge in [0.2, 0.25) is 0 Å². The van der Waals surface area contributed by atoms with Gasteiger partial charge in [-0.1, -0.05) is 0 Å². The number of esters is 1. The zero-order chi connectivity index (χ0) is 12.6. The zero-order valence-electron chi connectivity index (χ0n) is 9.27. The van der Waals surface area contributed by atoms with Crippen LogP contribution in [0, 0.1) is 0 Å². The van der Waals surface area contributed by atoms with E-state index in [0.717, 1.165) is 6.21 Å². The lowest BCUT2D eigenvalue weighted by molar-refractivity contribution is -0.138. The molecule has 0 saturated heterocycles. The standard InChI is InChI=1S/C10H15NO5/c1-3-16-10(15)8(7(2)12)6-11-5-4-9(13)14/h6,12H,3-5H2,1-2H3,(H,13,14)/b8-7-,11-6?. The van der Waals surface area contributed by atoms with Gasteiger partial charge in [-0.05, 0) is 13.8 Å². The Bertz CT molecular complexity index is 315. The van der Waals surface area contributed by atoms with Crippen molar-refractivity contribution >= 4 is 18.2 Å². The first-order valence-electron chi connectivity index (χ1n) is 4.77. The van der Waals surface area contributed by atoms with Crippen LogP contribution in [0.5, 0.6) is 0 Å². The number of carbonyl (C=O) groups excluding carboxylic acids is 1. The van der Waals surface area contributed by atoms with Crippen molar-refractivity contribution in [2.75, 3.05) is 13.2 Å². The molecule has 0 bridgehead atoms. The van der Waals surface area contributed by atoms with Crippen LogP contribution in [0.4, 0.5) is 0 Å². The number of nitrogens with zero attached hydrogens (tertiary/aromatic N) is 1. The molecule has 6 nitrogen and oxygen atoms in total. The van der Waals surface area contributed by atoms with Crippen LogP contribution in [0.15, 0.2) is 16.3 Å². The van der Waals surface area contributed by atoms with Crippen LogP contribution in [0.25, 0.3) is 0 Å². The van der Waals surface area contributed by atoms with Gasteiger partial charge in [0.1, 0.15) is 11.3 Å². The summed E-state index contributed by atoms with van der Waals surface area (Å²) in [7, 11) is 0. The van der Waals surface area contributed by atoms with E-state index in [9.17, 15) is 14.7 Å². The average molecular weight is 229 g/mol. The minimum Gasteiger partial charge on any atom is -0.512 e. The minimum atomic E-state index is -0.973. The van der Waals surface area contributed by atoms with Crippen molar-refractivity contribution in [2.24, 2.45) is 4.99 Å². The number of carboxylic acids is 1. The number of ether oxygens (including phenoxy) is 1. The highest BCUT2D eigenvalue weighted by atomic mass is 16.5. The van der Waals surface area contributed by atoms with Gasteiger partial charge in [-0.3, -0.25) is 9.79 Å². The number of aliphatic hydroxyl groups excluding tert-OH is 1. The fourth-order valence-corrected chi connectivity index (χ4v) is 0.819. The maximum atomic E-state index is 11.3. The summed E-state index contributed by atoms with van der Waals surface area (Å²) in [5.41, 5.74) is -0.0627. The number of carboxylic acid groups (broad SMARTS) is 1. The largest absolute Gasteiger partial charge is 0.512 e. The van der Waals surface area contributed by atoms with Gasteiger partial charge in [0, 0.05) is 12.8 Å². The smallest absolute Gasteiger partial charge is 0.343 e. The molecular formula is C10H15NO5. The highest BCUT2D eigenvalue weighted by Crippen LogP contribution is 2.01. The Kier molecular flexibility index (Phi) is 6.58. The molecule has 0 aromatic rings. The predicted octanol–water partition coefficient (Wildman–Crippen LogP) is 0.927. The van der Waals surface area contributed by atoms with Crippen molar-refractivity contribution in [3.8, 4) is 0 Å². The molecule has 0 rings (SSSR count). The van der Waals surface area contributed by atoms with Gasteiger partial charge in [-0.25, -0.2) is 4.79 Å². The van der Waals surface area contributed by atoms with E-state index < -0.39 is 11.9 Å². The van der Waals surface area contributed by atoms with E-state index >= 15 is 0 Å². The van der Waals surface area contributed by atoms with E-state index in [4.69, 9.17) is 5.11 Å². The molecule has 0 spiro atoms. The highest BCUT2D eigenvalue weighted by Gasteiger charge is 2.11. The number of carbonyl (C=O) groups is 2. The summed E-state index contributed by atoms with van der Waals surface area (Å²) in [6.07, 6.45) is 0.993. The predicted molar refractivity (Wildman–Crippen MR) is 57.6 cm³/mol. The van der Waals surface area contributed by atoms with Crippen molar-refractivity contribution in [1.82, 2.24) is 0 Å². The van der Waals surface area contributed by atoms with Crippen LogP contribution in [0.2, 0.25) is 0 Å². The summed E-state index contributed by atoms with van der Waals surface area (Å²) in [5, 5.41) is 17.5. The molecule has 0 unspecified atom stereocenters. The van der Waals surface area contributed by atoms with Gasteiger partial charge < -0.3 is 14.9 Å². The van der Waals surface area contributed by atoms with Gasteiger partial charge in [-0.15, -0.1) is 0 Å². The van der Waals surface area contributed by atoms with Crippen molar-refractivity contribution in [2.45, 2.75) is 20.3 Å². The average Bonchev–Trinajstić information content (AvgIpc) is 2.16. The van der Waals surface area contributed by atoms with E-state index in [0.29, 0.717) is 0 Å². The van der Waals surface area contributed by atoms with E-state index in [1.54, 1.807) is 6.92 Å². The molecule has 0 aromatic heterocycles. The molecule has 0 heterocycles. The topological polar surface area (TPSA) is 96.2 Å². The van der Waals surface area contributed by atoms with Crippen molar-refractivity contribution in [3.05, 3.63) is 11.3 Å². The summed E-state index contributed by atoms with van der Waals surface area (Å²) >= 11 is 0. The third kappa shape index (κ3) is 5.79. The number of allylic oxidation sites excluding steroid dienone is 1. The molecule has 0 aromatic carbocycles. The lowest BCUT2D eigenvalue weighted by atomic mass is 10.2. The van der Waals surface area contributed by atoms with Gasteiger partial charge in [0.05, 0.1) is 13.0 Å². The summed E-state index contributed by atoms with van der Waals surface area (Å²) < 4.78 is 4.68. The SMILES string of the molecule is CCOC(=O)/C(C=NCCC(=O)O)=C(/C)O. The number of aliphatic imine (C=N–C) groups is 1. The van der Waals surface area contributed by atoms with Crippen LogP contribution in [0.1, 0.15) is 20.3 Å². The quantitative estimate of drug-likeness (QED) is 0.305. The molecule has 0 fully saturated rings. The number of aliphatic carboxylic acids is 1. The molecule has 90 valence electrons. The van der Waals surface area contributed by atoms with Gasteiger partial charge >= 0.3 is 11.9 Å². The molecular weight excluding hydrogens is 214 g/mol. The highest BCUT2D eigenvalue weighted by molar-refractivity contribution is 6.09. The maximum absolute atomic E-state index is 11.3. The molecule has 2 N–H and O–H groups in total. The van der Waals surface area contributed by atoms with Crippen LogP contribution in [0.3, 0.4) is 0 Å². The Morgan fingerprint density at radius 2 is 2.00 bits per heavy atom. The summed E-state index contributed by atoms with van der Waals surface area (Å²) in [5.74, 6) is -1.86. The summed E-state index contributed by atoms with van der Waals surface area (Å²) in [6.45, 7) is 3.21. The minimum absolute atomic E-state index is 0.0471. The molecule has 0 aliphatic carbocycles. The number of rotatable bonds is 6. The van der Waals surface area contributed by atoms with Crippen LogP contribution < -0.4 is 0 Å². The molecule has 0 saturated carbocycles. The second kappa shape index (κ2) is 7.44. The normalized spacial score (nSPS) is 12.4. The van der Waals surface area contributed by atoms with Crippen molar-refractivity contribution in [3.63, 3.8) is 0 Å². The lowest BCUT2D eigenvalue weighted by Gasteiger charge is -2.02. The van der Waals surface area contributed by atoms with Crippen molar-refractivity contribution < 1.29 is 24.5 Å². The van der Waals surface area contributed by atoms with Crippen molar-refractivity contribution in [1.29, 1.82) is 0 Å². The monoisotopic (exact) mass is 229 g/mol. The van der Waals surface area contributed by atoms with E-state index in [-0.39, 0.29) is 30.9 Å². The van der Waals surface area contributed by atoms with Crippen LogP contribution in [-0.4, -0.2) is 41.5 Å². The number of aliphatic hydroxyl groups is 1. The van der Waals surface area contributed by atoms with Gasteiger partial charge in [0.25, 0.3) is 0 Å². The molecule has 0 aliphatic heterocycles. The molecule has 6 heteroatoms. The summed E-state index contributed by atoms with van der Waals surface area (Å²) in [6, 6.07) is 0. The Balaban J connectivity index is 4.42. The number of hydrogen-bond acceptors (Lipinski definition) is 5. The van der Waals surface area contributed by atoms with E-state index in [1.807, 2.05) is 0 Å². The molecule has 0 atom stereocenters. The molecule has 0 radical (unpaired) electrons. The fourth-order valence-electron chi connectivity index (χ4n) is 0.819. The Morgan fingerprint density at radius 3 is 2.44 bits per heavy atom. The van der Waals surface area contributed by atoms with E-state index in [1.165, 1.54) is 6.92 Å². The zero-order valence-corrected chi connectivity index (χ0v) is 9.27. The number of hydrogen-bond donors (Lipinski definition) is 2. The van der Waals surface area contributed by atoms with Gasteiger partial charge in [0.15, 0.2) is 0 Å².